The number of esters is 1. The number of methoxy groups -OCH3 is 1. The van der Waals surface area contributed by atoms with Gasteiger partial charge in [0.05, 0.1) is 27.7 Å². The zero-order valence-corrected chi connectivity index (χ0v) is 30.8. The Kier molecular flexibility index (Phi) is 45.1. The quantitative estimate of drug-likeness (QED) is 0.0825. The molecule has 0 atom stereocenters. The van der Waals surface area contributed by atoms with Crippen molar-refractivity contribution in [3.8, 4) is 0 Å². The van der Waals surface area contributed by atoms with Gasteiger partial charge in [-0.15, -0.1) is 0 Å². The maximum absolute atomic E-state index is 10.4. The smallest absolute Gasteiger partial charge is 0.466 e. The molecule has 0 amide bonds. The molecule has 2 radical (unpaired) electrons. The minimum absolute atomic E-state index is 0.288. The van der Waals surface area contributed by atoms with Gasteiger partial charge in [-0.2, -0.15) is 0 Å². The summed E-state index contributed by atoms with van der Waals surface area (Å²) in [5.74, 6) is 4.12. The summed E-state index contributed by atoms with van der Waals surface area (Å²) in [7, 11) is 7.17. The van der Waals surface area contributed by atoms with Gasteiger partial charge in [0.2, 0.25) is 0 Å². The summed E-state index contributed by atoms with van der Waals surface area (Å²) < 4.78 is 11.6. The van der Waals surface area contributed by atoms with Gasteiger partial charge in [0.15, 0.2) is 0 Å². The highest BCUT2D eigenvalue weighted by atomic mass is 16.5. The fourth-order valence-electron chi connectivity index (χ4n) is 2.24. The Morgan fingerprint density at radius 3 is 1.47 bits per heavy atom. The summed E-state index contributed by atoms with van der Waals surface area (Å²) in [6.07, 6.45) is 18.0. The molecular weight excluding hydrogens is 530 g/mol. The Morgan fingerprint density at radius 2 is 1.26 bits per heavy atom. The zero-order valence-electron chi connectivity index (χ0n) is 30.8. The first-order valence-corrected chi connectivity index (χ1v) is 15.3. The number of aryl methyl sites for hydroxylation is 2. The van der Waals surface area contributed by atoms with E-state index in [4.69, 9.17) is 4.42 Å². The zero-order chi connectivity index (χ0) is 34.6. The van der Waals surface area contributed by atoms with E-state index in [0.29, 0.717) is 11.8 Å². The second kappa shape index (κ2) is 39.0. The number of nitrogens with zero attached hydrogens (tertiary/aromatic N) is 1. The number of carbonyl (C=O) groups is 1. The van der Waals surface area contributed by atoms with Gasteiger partial charge in [-0.05, 0) is 63.3 Å². The second-order valence-corrected chi connectivity index (χ2v) is 10.7. The molecule has 0 saturated carbocycles. The standard InChI is InChI=1S/C8H16BN.C7H12O2.C7H9O.2C6H12.C2H6BN/c1-8(2)6-5-7-10(4)9-3;1-6(2)4-5-7(8)9-3;1-6-4-3-5-7(2)8-6;2*1-4-5-6(2)3;1-3-4-2/h5-8H,1-4H3;4-6H,1-3H3;3-5H,1-2H3;2*4-6H,1-3H3;4H,2H2,1H3/q+1;;+1;;;+1/b6-5+,10-7-;5-4+;;2*5-4+;. The molecule has 1 N–H and O–H groups in total. The van der Waals surface area contributed by atoms with Gasteiger partial charge in [0, 0.05) is 18.2 Å². The topological polar surface area (TPSA) is 54.6 Å². The average Bonchev–Trinajstić information content (AvgIpc) is 2.92. The van der Waals surface area contributed by atoms with Crippen LogP contribution in [0.2, 0.25) is 13.6 Å². The molecule has 1 aromatic heterocycles. The monoisotopic (exact) mass is 598 g/mol. The molecule has 0 spiro atoms. The molecule has 0 aliphatic rings. The predicted octanol–water partition coefficient (Wildman–Crippen LogP) is 8.00. The van der Waals surface area contributed by atoms with Crippen LogP contribution in [-0.2, 0) is 9.53 Å². The summed E-state index contributed by atoms with van der Waals surface area (Å²) in [6.45, 7) is 32.2. The molecule has 0 saturated heterocycles. The molecule has 0 unspecified atom stereocenters. The lowest BCUT2D eigenvalue weighted by Crippen LogP contribution is -2.67. The Bertz CT molecular complexity index is 868. The van der Waals surface area contributed by atoms with Crippen LogP contribution in [0, 0.1) is 37.5 Å². The minimum Gasteiger partial charge on any atom is -0.466 e. The fourth-order valence-corrected chi connectivity index (χ4v) is 2.24. The highest BCUT2D eigenvalue weighted by molar-refractivity contribution is 6.23. The van der Waals surface area contributed by atoms with E-state index < -0.39 is 0 Å². The first-order valence-electron chi connectivity index (χ1n) is 15.3. The number of nitrogens with one attached hydrogen (secondary N) is 1. The Hall–Kier alpha value is -2.95. The molecule has 0 bridgehead atoms. The van der Waals surface area contributed by atoms with E-state index in [1.165, 1.54) is 13.2 Å². The van der Waals surface area contributed by atoms with E-state index in [1.807, 2.05) is 98.6 Å². The summed E-state index contributed by atoms with van der Waals surface area (Å²) in [5.41, 5.74) is 0. The molecule has 1 aromatic rings. The lowest BCUT2D eigenvalue weighted by Gasteiger charge is -1.92. The van der Waals surface area contributed by atoms with E-state index in [1.54, 1.807) is 13.5 Å². The molecule has 5 nitrogen and oxygen atoms in total. The van der Waals surface area contributed by atoms with Crippen LogP contribution in [0.4, 0.5) is 0 Å². The van der Waals surface area contributed by atoms with Crippen molar-refractivity contribution in [2.45, 2.75) is 96.7 Å². The van der Waals surface area contributed by atoms with Crippen molar-refractivity contribution in [1.82, 2.24) is 0 Å². The molecule has 0 aromatic carbocycles. The van der Waals surface area contributed by atoms with Crippen LogP contribution in [0.15, 0.2) is 71.2 Å². The number of allylic oxidation sites excluding steroid dienone is 7. The molecule has 1 rings (SSSR count). The normalized spacial score (nSPS) is 10.7. The van der Waals surface area contributed by atoms with Crippen LogP contribution in [0.5, 0.6) is 0 Å². The molecular formula is C36H67B2N2O3+3. The van der Waals surface area contributed by atoms with Crippen LogP contribution in [0.25, 0.3) is 0 Å². The summed E-state index contributed by atoms with van der Waals surface area (Å²) in [6, 6.07) is 5.86. The van der Waals surface area contributed by atoms with Crippen LogP contribution in [-0.4, -0.2) is 52.4 Å². The lowest BCUT2D eigenvalue weighted by molar-refractivity contribution is -0.335. The van der Waals surface area contributed by atoms with Crippen molar-refractivity contribution in [1.29, 1.82) is 0 Å². The number of carbonyl (C=O) groups excluding carboxylic acids is 1. The predicted molar refractivity (Wildman–Crippen MR) is 195 cm³/mol. The van der Waals surface area contributed by atoms with Crippen LogP contribution in [0.3, 0.4) is 0 Å². The van der Waals surface area contributed by atoms with E-state index in [9.17, 15) is 4.79 Å². The van der Waals surface area contributed by atoms with Gasteiger partial charge in [-0.25, -0.2) is 9.21 Å². The maximum Gasteiger partial charge on any atom is 0.529 e. The average molecular weight is 598 g/mol. The number of hydrogen-bond acceptors (Lipinski definition) is 2. The molecule has 1 heterocycles. The second-order valence-electron chi connectivity index (χ2n) is 10.7. The van der Waals surface area contributed by atoms with Crippen molar-refractivity contribution in [3.63, 3.8) is 0 Å². The molecule has 0 aliphatic heterocycles. The van der Waals surface area contributed by atoms with E-state index in [-0.39, 0.29) is 5.97 Å². The Balaban J connectivity index is -0.000000137. The van der Waals surface area contributed by atoms with Crippen molar-refractivity contribution in [3.05, 3.63) is 78.3 Å². The summed E-state index contributed by atoms with van der Waals surface area (Å²) in [4.78, 5) is 13.0. The number of hydrogen-bond donors (Lipinski definition) is 1. The molecule has 0 fully saturated rings. The third-order valence-corrected chi connectivity index (χ3v) is 4.39. The van der Waals surface area contributed by atoms with E-state index in [2.05, 4.69) is 94.4 Å². The van der Waals surface area contributed by atoms with Gasteiger partial charge in [-0.3, -0.25) is 0 Å². The van der Waals surface area contributed by atoms with Crippen molar-refractivity contribution >= 4 is 33.7 Å². The minimum atomic E-state index is -0.288. The SMILES string of the molecule is C/C=C/C(C)C.C/C=C/C(C)C.C=[NH+][B]C.COC(=O)/C=C/C(C)C.C[B]/[N+](C)=C\C=C\C(C)C.Cc1cccc(C)[o+]1. The summed E-state index contributed by atoms with van der Waals surface area (Å²) >= 11 is 0. The third kappa shape index (κ3) is 63.5. The van der Waals surface area contributed by atoms with Gasteiger partial charge in [0.1, 0.15) is 13.3 Å². The van der Waals surface area contributed by atoms with Gasteiger partial charge < -0.3 is 14.1 Å². The Morgan fingerprint density at radius 1 is 0.860 bits per heavy atom. The lowest BCUT2D eigenvalue weighted by atomic mass is 10.00. The van der Waals surface area contributed by atoms with Crippen molar-refractivity contribution in [2.75, 3.05) is 14.2 Å². The van der Waals surface area contributed by atoms with Crippen molar-refractivity contribution < 1.29 is 23.3 Å². The molecule has 43 heavy (non-hydrogen) atoms. The number of ether oxygens (including phenoxy) is 1. The molecule has 242 valence electrons. The Labute approximate surface area is 269 Å². The van der Waals surface area contributed by atoms with Crippen LogP contribution in [0.1, 0.15) is 80.8 Å². The van der Waals surface area contributed by atoms with Crippen molar-refractivity contribution in [2.24, 2.45) is 23.7 Å². The fraction of sp³-hybridized carbons (Fsp3) is 0.556. The van der Waals surface area contributed by atoms with Gasteiger partial charge in [-0.1, -0.05) is 91.8 Å². The highest BCUT2D eigenvalue weighted by Gasteiger charge is 1.98. The van der Waals surface area contributed by atoms with Crippen LogP contribution >= 0.6 is 0 Å². The third-order valence-electron chi connectivity index (χ3n) is 4.39. The van der Waals surface area contributed by atoms with Crippen LogP contribution < -0.4 is 4.90 Å². The molecule has 0 aliphatic carbocycles. The maximum atomic E-state index is 10.4. The number of rotatable bonds is 8. The van der Waals surface area contributed by atoms with E-state index >= 15 is 0 Å². The molecule has 7 heteroatoms. The first kappa shape index (κ1) is 49.7. The van der Waals surface area contributed by atoms with E-state index in [0.717, 1.165) is 23.4 Å². The van der Waals surface area contributed by atoms with Gasteiger partial charge in [0.25, 0.3) is 0 Å². The first-order chi connectivity index (χ1) is 20.1. The highest BCUT2D eigenvalue weighted by Crippen LogP contribution is 2.00. The summed E-state index contributed by atoms with van der Waals surface area (Å²) in [5, 5.41) is 0. The van der Waals surface area contributed by atoms with Gasteiger partial charge >= 0.3 is 32.3 Å². The largest absolute Gasteiger partial charge is 0.529 e.